The van der Waals surface area contributed by atoms with Crippen LogP contribution in [0, 0.1) is 11.6 Å². The van der Waals surface area contributed by atoms with Gasteiger partial charge in [-0.1, -0.05) is 6.07 Å². The highest BCUT2D eigenvalue weighted by atomic mass is 32.2. The van der Waals surface area contributed by atoms with Crippen molar-refractivity contribution in [3.05, 3.63) is 29.3 Å². The van der Waals surface area contributed by atoms with E-state index in [1.54, 1.807) is 13.3 Å². The topological polar surface area (TPSA) is 12.0 Å². The summed E-state index contributed by atoms with van der Waals surface area (Å²) in [5, 5.41) is 2.93. The van der Waals surface area contributed by atoms with Crippen molar-refractivity contribution in [1.82, 2.24) is 5.32 Å². The molecule has 0 aliphatic carbocycles. The fourth-order valence-electron chi connectivity index (χ4n) is 1.21. The van der Waals surface area contributed by atoms with E-state index in [9.17, 15) is 8.78 Å². The van der Waals surface area contributed by atoms with Crippen LogP contribution in [-0.4, -0.2) is 19.8 Å². The van der Waals surface area contributed by atoms with Crippen LogP contribution in [-0.2, 0) is 6.42 Å². The van der Waals surface area contributed by atoms with Crippen molar-refractivity contribution >= 4 is 11.8 Å². The highest BCUT2D eigenvalue weighted by Crippen LogP contribution is 2.25. The van der Waals surface area contributed by atoms with Gasteiger partial charge in [-0.25, -0.2) is 8.78 Å². The molecular weight excluding hydrogens is 204 g/mol. The summed E-state index contributed by atoms with van der Waals surface area (Å²) in [6.07, 6.45) is 2.25. The van der Waals surface area contributed by atoms with Gasteiger partial charge in [0.1, 0.15) is 11.6 Å². The molecule has 0 saturated heterocycles. The van der Waals surface area contributed by atoms with Crippen LogP contribution in [0.1, 0.15) is 5.56 Å². The molecule has 0 unspecified atom stereocenters. The summed E-state index contributed by atoms with van der Waals surface area (Å²) in [6, 6.07) is 2.82. The number of likely N-dealkylation sites (N-methyl/N-ethyl adjacent to an activating group) is 1. The van der Waals surface area contributed by atoms with E-state index < -0.39 is 11.6 Å². The van der Waals surface area contributed by atoms with Crippen molar-refractivity contribution in [2.45, 2.75) is 11.3 Å². The van der Waals surface area contributed by atoms with Crippen molar-refractivity contribution in [1.29, 1.82) is 0 Å². The largest absolute Gasteiger partial charge is 0.319 e. The van der Waals surface area contributed by atoms with Crippen LogP contribution in [0.3, 0.4) is 0 Å². The average Bonchev–Trinajstić information content (AvgIpc) is 2.18. The van der Waals surface area contributed by atoms with Crippen LogP contribution in [0.2, 0.25) is 0 Å². The first-order valence-electron chi connectivity index (χ1n) is 4.36. The van der Waals surface area contributed by atoms with Crippen LogP contribution < -0.4 is 5.32 Å². The molecule has 0 fully saturated rings. The second-order valence-electron chi connectivity index (χ2n) is 2.91. The Hall–Kier alpha value is -0.610. The number of hydrogen-bond acceptors (Lipinski definition) is 2. The minimum atomic E-state index is -0.483. The van der Waals surface area contributed by atoms with Crippen molar-refractivity contribution in [2.75, 3.05) is 19.8 Å². The molecule has 1 rings (SSSR count). The molecule has 0 aliphatic rings. The van der Waals surface area contributed by atoms with Crippen LogP contribution >= 0.6 is 11.8 Å². The Kier molecular flexibility index (Phi) is 4.35. The molecule has 0 radical (unpaired) electrons. The van der Waals surface area contributed by atoms with E-state index in [4.69, 9.17) is 0 Å². The Morgan fingerprint density at radius 2 is 2.07 bits per heavy atom. The molecule has 1 aromatic rings. The van der Waals surface area contributed by atoms with E-state index in [1.165, 1.54) is 12.1 Å². The Balaban J connectivity index is 2.96. The zero-order valence-electron chi connectivity index (χ0n) is 8.23. The molecule has 1 N–H and O–H groups in total. The van der Waals surface area contributed by atoms with E-state index in [1.807, 2.05) is 0 Å². The lowest BCUT2D eigenvalue weighted by atomic mass is 10.1. The van der Waals surface area contributed by atoms with E-state index in [0.29, 0.717) is 18.5 Å². The third-order valence-electron chi connectivity index (χ3n) is 1.98. The lowest BCUT2D eigenvalue weighted by Crippen LogP contribution is -2.11. The van der Waals surface area contributed by atoms with Crippen molar-refractivity contribution in [2.24, 2.45) is 0 Å². The van der Waals surface area contributed by atoms with E-state index in [0.717, 1.165) is 11.8 Å². The number of benzene rings is 1. The van der Waals surface area contributed by atoms with Crippen LogP contribution in [0.15, 0.2) is 17.0 Å². The number of rotatable bonds is 4. The Morgan fingerprint density at radius 3 is 2.64 bits per heavy atom. The Bertz CT molecular complexity index is 315. The summed E-state index contributed by atoms with van der Waals surface area (Å²) >= 11 is 1.10. The van der Waals surface area contributed by atoms with Crippen LogP contribution in [0.5, 0.6) is 0 Å². The first-order chi connectivity index (χ1) is 6.70. The molecule has 0 aliphatic heterocycles. The molecule has 0 heterocycles. The van der Waals surface area contributed by atoms with E-state index in [-0.39, 0.29) is 4.90 Å². The smallest absolute Gasteiger partial charge is 0.142 e. The predicted octanol–water partition coefficient (Wildman–Crippen LogP) is 2.45. The summed E-state index contributed by atoms with van der Waals surface area (Å²) in [4.78, 5) is 0.110. The zero-order chi connectivity index (χ0) is 10.6. The summed E-state index contributed by atoms with van der Waals surface area (Å²) in [7, 11) is 1.80. The van der Waals surface area contributed by atoms with Gasteiger partial charge >= 0.3 is 0 Å². The fourth-order valence-corrected chi connectivity index (χ4v) is 1.79. The molecule has 0 aromatic heterocycles. The standard InChI is InChI=1S/C10H13F2NS/c1-13-6-5-7-3-4-8(11)10(14-2)9(7)12/h3-4,13H,5-6H2,1-2H3. The van der Waals surface area contributed by atoms with Gasteiger partial charge in [-0.3, -0.25) is 0 Å². The van der Waals surface area contributed by atoms with Gasteiger partial charge in [0.2, 0.25) is 0 Å². The fraction of sp³-hybridized carbons (Fsp3) is 0.400. The normalized spacial score (nSPS) is 10.6. The number of nitrogens with one attached hydrogen (secondary N) is 1. The van der Waals surface area contributed by atoms with Crippen molar-refractivity contribution < 1.29 is 8.78 Å². The Morgan fingerprint density at radius 1 is 1.36 bits per heavy atom. The summed E-state index contributed by atoms with van der Waals surface area (Å²) in [5.74, 6) is -0.907. The third-order valence-corrected chi connectivity index (χ3v) is 2.76. The van der Waals surface area contributed by atoms with Crippen molar-refractivity contribution in [3.63, 3.8) is 0 Å². The van der Waals surface area contributed by atoms with Gasteiger partial charge < -0.3 is 5.32 Å². The molecule has 0 amide bonds. The highest BCUT2D eigenvalue weighted by molar-refractivity contribution is 7.98. The maximum atomic E-state index is 13.6. The number of halogens is 2. The molecule has 1 nitrogen and oxygen atoms in total. The average molecular weight is 217 g/mol. The second kappa shape index (κ2) is 5.32. The van der Waals surface area contributed by atoms with E-state index in [2.05, 4.69) is 5.32 Å². The van der Waals surface area contributed by atoms with Gasteiger partial charge in [0.25, 0.3) is 0 Å². The van der Waals surface area contributed by atoms with Crippen LogP contribution in [0.4, 0.5) is 8.78 Å². The second-order valence-corrected chi connectivity index (χ2v) is 3.72. The predicted molar refractivity (Wildman–Crippen MR) is 55.8 cm³/mol. The first-order valence-corrected chi connectivity index (χ1v) is 5.58. The molecule has 0 bridgehead atoms. The highest BCUT2D eigenvalue weighted by Gasteiger charge is 2.11. The van der Waals surface area contributed by atoms with Gasteiger partial charge in [0, 0.05) is 0 Å². The van der Waals surface area contributed by atoms with Crippen LogP contribution in [0.25, 0.3) is 0 Å². The SMILES string of the molecule is CNCCc1ccc(F)c(SC)c1F. The summed E-state index contributed by atoms with van der Waals surface area (Å²) in [6.45, 7) is 0.691. The lowest BCUT2D eigenvalue weighted by Gasteiger charge is -2.07. The Labute approximate surface area is 86.9 Å². The molecule has 0 saturated carbocycles. The molecule has 78 valence electrons. The molecule has 0 spiro atoms. The van der Waals surface area contributed by atoms with Gasteiger partial charge in [0.15, 0.2) is 0 Å². The minimum Gasteiger partial charge on any atom is -0.319 e. The molecule has 0 atom stereocenters. The number of thioether (sulfide) groups is 1. The lowest BCUT2D eigenvalue weighted by molar-refractivity contribution is 0.529. The molecule has 4 heteroatoms. The minimum absolute atomic E-state index is 0.110. The van der Waals surface area contributed by atoms with Gasteiger partial charge in [-0.15, -0.1) is 11.8 Å². The number of hydrogen-bond donors (Lipinski definition) is 1. The molecule has 1 aromatic carbocycles. The monoisotopic (exact) mass is 217 g/mol. The third kappa shape index (κ3) is 2.45. The van der Waals surface area contributed by atoms with Crippen molar-refractivity contribution in [3.8, 4) is 0 Å². The van der Waals surface area contributed by atoms with E-state index >= 15 is 0 Å². The summed E-state index contributed by atoms with van der Waals surface area (Å²) < 4.78 is 26.6. The first kappa shape index (κ1) is 11.5. The quantitative estimate of drug-likeness (QED) is 0.777. The maximum absolute atomic E-state index is 13.6. The maximum Gasteiger partial charge on any atom is 0.142 e. The zero-order valence-corrected chi connectivity index (χ0v) is 9.05. The van der Waals surface area contributed by atoms with Gasteiger partial charge in [0.05, 0.1) is 4.90 Å². The van der Waals surface area contributed by atoms with Gasteiger partial charge in [-0.05, 0) is 37.9 Å². The molecular formula is C10H13F2NS. The summed E-state index contributed by atoms with van der Waals surface area (Å²) in [5.41, 5.74) is 0.560. The molecule has 14 heavy (non-hydrogen) atoms. The van der Waals surface area contributed by atoms with Gasteiger partial charge in [-0.2, -0.15) is 0 Å².